The van der Waals surface area contributed by atoms with E-state index in [0.29, 0.717) is 36.5 Å². The van der Waals surface area contributed by atoms with Crippen LogP contribution < -0.4 is 25.7 Å². The van der Waals surface area contributed by atoms with Crippen LogP contribution in [0.2, 0.25) is 0 Å². The number of hydrogen-bond donors (Lipinski definition) is 3. The highest BCUT2D eigenvalue weighted by Gasteiger charge is 2.63. The molecule has 7 unspecified atom stereocenters. The Hall–Kier alpha value is -4.47. The van der Waals surface area contributed by atoms with Gasteiger partial charge in [-0.2, -0.15) is 0 Å². The van der Waals surface area contributed by atoms with Gasteiger partial charge < -0.3 is 25.0 Å². The molecule has 0 radical (unpaired) electrons. The van der Waals surface area contributed by atoms with Gasteiger partial charge in [-0.25, -0.2) is 17.9 Å². The van der Waals surface area contributed by atoms with E-state index in [-0.39, 0.29) is 49.2 Å². The highest BCUT2D eigenvalue weighted by atomic mass is 32.2. The molecule has 3 heterocycles. The SMILES string of the molecule is CCn1nc(OC2CC3C(=O)NC4(C(=O)NS(=O)(=O)C5(C)CC5)CC4C=CCCC(C)CC(C)C(NC(=O)OC(C)(C)C)C(=O)N3C2)c2ccccc2c1=O. The number of nitrogens with one attached hydrogen (secondary N) is 3. The van der Waals surface area contributed by atoms with Crippen LogP contribution in [0, 0.1) is 17.8 Å². The molecule has 7 atom stereocenters. The van der Waals surface area contributed by atoms with E-state index in [1.807, 2.05) is 19.1 Å². The van der Waals surface area contributed by atoms with Crippen molar-refractivity contribution in [2.24, 2.45) is 17.8 Å². The predicted molar refractivity (Wildman–Crippen MR) is 204 cm³/mol. The molecule has 1 aromatic heterocycles. The molecule has 0 spiro atoms. The van der Waals surface area contributed by atoms with Gasteiger partial charge in [0, 0.05) is 18.9 Å². The molecule has 3 fully saturated rings. The zero-order valence-corrected chi connectivity index (χ0v) is 33.5. The van der Waals surface area contributed by atoms with Gasteiger partial charge in [0.2, 0.25) is 27.7 Å². The third kappa shape index (κ3) is 8.38. The zero-order valence-electron chi connectivity index (χ0n) is 32.7. The number of benzene rings is 1. The second-order valence-electron chi connectivity index (χ2n) is 17.1. The van der Waals surface area contributed by atoms with Crippen LogP contribution in [0.3, 0.4) is 0 Å². The van der Waals surface area contributed by atoms with Gasteiger partial charge in [-0.15, -0.1) is 5.10 Å². The number of amides is 4. The average Bonchev–Trinajstić information content (AvgIpc) is 3.99. The molecular weight excluding hydrogens is 729 g/mol. The van der Waals surface area contributed by atoms with Crippen molar-refractivity contribution in [3.8, 4) is 5.88 Å². The molecule has 15 nitrogen and oxygen atoms in total. The monoisotopic (exact) mass is 782 g/mol. The molecule has 55 heavy (non-hydrogen) atoms. The number of allylic oxidation sites excluding steroid dienone is 1. The van der Waals surface area contributed by atoms with Crippen LogP contribution in [0.25, 0.3) is 10.8 Å². The molecule has 2 saturated carbocycles. The average molecular weight is 783 g/mol. The highest BCUT2D eigenvalue weighted by molar-refractivity contribution is 7.91. The first kappa shape index (κ1) is 40.2. The van der Waals surface area contributed by atoms with Crippen molar-refractivity contribution in [3.63, 3.8) is 0 Å². The fourth-order valence-electron chi connectivity index (χ4n) is 7.69. The maximum Gasteiger partial charge on any atom is 0.408 e. The molecule has 300 valence electrons. The number of carbonyl (C=O) groups excluding carboxylic acids is 4. The van der Waals surface area contributed by atoms with Crippen LogP contribution in [0.4, 0.5) is 4.79 Å². The summed E-state index contributed by atoms with van der Waals surface area (Å²) in [6.07, 6.45) is 5.24. The Morgan fingerprint density at radius 1 is 1.07 bits per heavy atom. The molecule has 0 bridgehead atoms. The van der Waals surface area contributed by atoms with Crippen molar-refractivity contribution in [1.29, 1.82) is 0 Å². The van der Waals surface area contributed by atoms with Gasteiger partial charge in [0.1, 0.15) is 29.3 Å². The number of alkyl carbamates (subject to hydrolysis) is 1. The standard InChI is InChI=1S/C39H54N6O9S/c1-8-45-33(47)28-16-12-11-15-27(28)32(42-45)53-26-20-29-31(46)41-39(35(49)43-55(51,52)38(7)17-18-38)21-25(39)14-10-9-13-23(2)19-24(3)30(34(48)44(29)22-26)40-36(50)54-37(4,5)6/h10-12,14-16,23-26,29-30H,8-9,13,17-22H2,1-7H3,(H,40,50)(H,41,46)(H,43,49). The van der Waals surface area contributed by atoms with E-state index in [0.717, 1.165) is 6.42 Å². The summed E-state index contributed by atoms with van der Waals surface area (Å²) < 4.78 is 40.9. The van der Waals surface area contributed by atoms with Crippen LogP contribution in [0.15, 0.2) is 41.2 Å². The molecule has 2 aliphatic heterocycles. The van der Waals surface area contributed by atoms with Crippen molar-refractivity contribution < 1.29 is 37.1 Å². The smallest absolute Gasteiger partial charge is 0.408 e. The lowest BCUT2D eigenvalue weighted by molar-refractivity contribution is -0.142. The summed E-state index contributed by atoms with van der Waals surface area (Å²) in [5.41, 5.74) is -2.68. The fraction of sp³-hybridized carbons (Fsp3) is 0.641. The Morgan fingerprint density at radius 3 is 2.42 bits per heavy atom. The second-order valence-corrected chi connectivity index (χ2v) is 19.3. The number of carbonyl (C=O) groups is 4. The Bertz CT molecular complexity index is 2060. The summed E-state index contributed by atoms with van der Waals surface area (Å²) in [7, 11) is -4.01. The largest absolute Gasteiger partial charge is 0.471 e. The van der Waals surface area contributed by atoms with E-state index in [4.69, 9.17) is 9.47 Å². The number of nitrogens with zero attached hydrogens (tertiary/aromatic N) is 3. The minimum atomic E-state index is -4.01. The number of ether oxygens (including phenoxy) is 2. The molecule has 16 heteroatoms. The summed E-state index contributed by atoms with van der Waals surface area (Å²) in [5.74, 6) is -2.56. The number of rotatable bonds is 7. The first-order valence-electron chi connectivity index (χ1n) is 19.3. The van der Waals surface area contributed by atoms with E-state index in [9.17, 15) is 32.4 Å². The number of fused-ring (bicyclic) bond motifs is 3. The number of hydrogen-bond acceptors (Lipinski definition) is 10. The minimum Gasteiger partial charge on any atom is -0.471 e. The van der Waals surface area contributed by atoms with Gasteiger partial charge >= 0.3 is 6.09 Å². The van der Waals surface area contributed by atoms with Gasteiger partial charge in [-0.1, -0.05) is 38.1 Å². The molecule has 2 aliphatic carbocycles. The number of sulfonamides is 1. The quantitative estimate of drug-likeness (QED) is 0.350. The molecule has 4 aliphatic rings. The van der Waals surface area contributed by atoms with Crippen LogP contribution >= 0.6 is 0 Å². The summed E-state index contributed by atoms with van der Waals surface area (Å²) >= 11 is 0. The molecular formula is C39H54N6O9S. The summed E-state index contributed by atoms with van der Waals surface area (Å²) in [6, 6.07) is 4.64. The third-order valence-corrected chi connectivity index (χ3v) is 13.5. The zero-order chi connectivity index (χ0) is 40.1. The van der Waals surface area contributed by atoms with Crippen molar-refractivity contribution in [1.82, 2.24) is 30.0 Å². The van der Waals surface area contributed by atoms with E-state index >= 15 is 0 Å². The van der Waals surface area contributed by atoms with Crippen LogP contribution in [0.5, 0.6) is 5.88 Å². The number of aromatic nitrogens is 2. The van der Waals surface area contributed by atoms with Crippen LogP contribution in [0.1, 0.15) is 93.4 Å². The lowest BCUT2D eigenvalue weighted by Gasteiger charge is -2.33. The van der Waals surface area contributed by atoms with Gasteiger partial charge in [-0.3, -0.25) is 23.9 Å². The molecule has 1 saturated heterocycles. The maximum absolute atomic E-state index is 14.8. The Kier molecular flexibility index (Phi) is 10.9. The van der Waals surface area contributed by atoms with E-state index in [1.54, 1.807) is 58.9 Å². The van der Waals surface area contributed by atoms with Gasteiger partial charge in [-0.05, 0) is 97.1 Å². The first-order valence-corrected chi connectivity index (χ1v) is 20.8. The summed E-state index contributed by atoms with van der Waals surface area (Å²) in [5, 5.41) is 11.0. The molecule has 6 rings (SSSR count). The Balaban J connectivity index is 1.37. The lowest BCUT2D eigenvalue weighted by atomic mass is 9.88. The maximum atomic E-state index is 14.8. The van der Waals surface area contributed by atoms with Crippen molar-refractivity contribution in [2.75, 3.05) is 6.54 Å². The topological polar surface area (TPSA) is 195 Å². The highest BCUT2D eigenvalue weighted by Crippen LogP contribution is 2.47. The third-order valence-electron chi connectivity index (χ3n) is 11.3. The van der Waals surface area contributed by atoms with Gasteiger partial charge in [0.15, 0.2) is 0 Å². The second kappa shape index (κ2) is 14.9. The van der Waals surface area contributed by atoms with Gasteiger partial charge in [0.05, 0.1) is 22.1 Å². The van der Waals surface area contributed by atoms with E-state index in [1.165, 1.54) is 9.58 Å². The van der Waals surface area contributed by atoms with E-state index in [2.05, 4.69) is 27.4 Å². The van der Waals surface area contributed by atoms with Crippen molar-refractivity contribution in [3.05, 3.63) is 46.8 Å². The van der Waals surface area contributed by atoms with Crippen molar-refractivity contribution in [2.45, 2.75) is 134 Å². The predicted octanol–water partition coefficient (Wildman–Crippen LogP) is 3.54. The van der Waals surface area contributed by atoms with E-state index < -0.39 is 73.8 Å². The van der Waals surface area contributed by atoms with Crippen LogP contribution in [-0.2, 0) is 35.7 Å². The summed E-state index contributed by atoms with van der Waals surface area (Å²) in [6.45, 7) is 12.7. The fourth-order valence-corrected chi connectivity index (χ4v) is 9.01. The lowest BCUT2D eigenvalue weighted by Crippen LogP contribution is -2.59. The molecule has 1 aromatic carbocycles. The molecule has 2 aromatic rings. The van der Waals surface area contributed by atoms with Gasteiger partial charge in [0.25, 0.3) is 11.5 Å². The Morgan fingerprint density at radius 2 is 1.76 bits per heavy atom. The van der Waals surface area contributed by atoms with Crippen molar-refractivity contribution >= 4 is 44.6 Å². The first-order chi connectivity index (χ1) is 25.8. The minimum absolute atomic E-state index is 0.0165. The molecule has 3 N–H and O–H groups in total. The number of aryl methyl sites for hydroxylation is 1. The molecule has 4 amide bonds. The normalized spacial score (nSPS) is 29.5. The Labute approximate surface area is 322 Å². The summed E-state index contributed by atoms with van der Waals surface area (Å²) in [4.78, 5) is 70.8. The van der Waals surface area contributed by atoms with Crippen LogP contribution in [-0.4, -0.2) is 87.5 Å².